The summed E-state index contributed by atoms with van der Waals surface area (Å²) in [7, 11) is 0. The molecule has 0 spiro atoms. The Morgan fingerprint density at radius 2 is 1.79 bits per heavy atom. The van der Waals surface area contributed by atoms with Gasteiger partial charge in [0.25, 0.3) is 0 Å². The van der Waals surface area contributed by atoms with Crippen molar-refractivity contribution in [3.63, 3.8) is 0 Å². The second kappa shape index (κ2) is 4.92. The zero-order valence-electron chi connectivity index (χ0n) is 12.9. The Morgan fingerprint density at radius 3 is 2.21 bits per heavy atom. The van der Waals surface area contributed by atoms with Gasteiger partial charge in [-0.2, -0.15) is 0 Å². The molecule has 1 N–H and O–H groups in total. The largest absolute Gasteiger partial charge is 0.391 e. The topological polar surface area (TPSA) is 23.5 Å². The monoisotopic (exact) mass is 261 g/mol. The van der Waals surface area contributed by atoms with Crippen molar-refractivity contribution in [2.75, 3.05) is 6.54 Å². The van der Waals surface area contributed by atoms with Gasteiger partial charge >= 0.3 is 0 Å². The summed E-state index contributed by atoms with van der Waals surface area (Å²) in [4.78, 5) is 2.38. The third-order valence-electron chi connectivity index (χ3n) is 4.50. The minimum atomic E-state index is -0.207. The van der Waals surface area contributed by atoms with Crippen LogP contribution in [-0.4, -0.2) is 28.2 Å². The summed E-state index contributed by atoms with van der Waals surface area (Å²) in [6.45, 7) is 12.9. The molecule has 0 amide bonds. The fourth-order valence-corrected chi connectivity index (χ4v) is 2.74. The van der Waals surface area contributed by atoms with E-state index in [1.807, 2.05) is 0 Å². The predicted octanol–water partition coefficient (Wildman–Crippen LogP) is 3.33. The molecule has 1 aliphatic heterocycles. The van der Waals surface area contributed by atoms with Gasteiger partial charge in [0.2, 0.25) is 0 Å². The van der Waals surface area contributed by atoms with E-state index in [9.17, 15) is 5.11 Å². The smallest absolute Gasteiger partial charge is 0.0730 e. The lowest BCUT2D eigenvalue weighted by Gasteiger charge is -2.34. The van der Waals surface area contributed by atoms with Crippen molar-refractivity contribution < 1.29 is 5.11 Å². The van der Waals surface area contributed by atoms with Gasteiger partial charge in [-0.3, -0.25) is 4.90 Å². The highest BCUT2D eigenvalue weighted by Gasteiger charge is 2.39. The Labute approximate surface area is 117 Å². The number of rotatable bonds is 2. The van der Waals surface area contributed by atoms with E-state index < -0.39 is 0 Å². The minimum absolute atomic E-state index is 0.108. The molecule has 2 rings (SSSR count). The quantitative estimate of drug-likeness (QED) is 0.882. The molecule has 1 aromatic carbocycles. The van der Waals surface area contributed by atoms with Gasteiger partial charge in [0.1, 0.15) is 0 Å². The molecule has 19 heavy (non-hydrogen) atoms. The normalized spacial score (nSPS) is 23.8. The summed E-state index contributed by atoms with van der Waals surface area (Å²) in [5.41, 5.74) is 2.80. The summed E-state index contributed by atoms with van der Waals surface area (Å²) >= 11 is 0. The van der Waals surface area contributed by atoms with Gasteiger partial charge in [-0.25, -0.2) is 0 Å². The molecule has 2 nitrogen and oxygen atoms in total. The molecule has 1 aromatic rings. The van der Waals surface area contributed by atoms with Crippen molar-refractivity contribution in [2.24, 2.45) is 0 Å². The Bertz CT molecular complexity index is 428. The molecule has 0 aromatic heterocycles. The van der Waals surface area contributed by atoms with E-state index in [0.717, 1.165) is 19.5 Å². The summed E-state index contributed by atoms with van der Waals surface area (Å²) in [6, 6.07) is 8.91. The van der Waals surface area contributed by atoms with E-state index in [1.165, 1.54) is 11.1 Å². The van der Waals surface area contributed by atoms with Crippen LogP contribution in [0.2, 0.25) is 0 Å². The number of hydrogen-bond acceptors (Lipinski definition) is 2. The second-order valence-electron chi connectivity index (χ2n) is 7.33. The molecular weight excluding hydrogens is 234 g/mol. The van der Waals surface area contributed by atoms with Gasteiger partial charge in [-0.05, 0) is 36.8 Å². The van der Waals surface area contributed by atoms with E-state index in [-0.39, 0.29) is 17.1 Å². The maximum atomic E-state index is 10.0. The van der Waals surface area contributed by atoms with E-state index in [0.29, 0.717) is 0 Å². The molecule has 0 bridgehead atoms. The van der Waals surface area contributed by atoms with Gasteiger partial charge in [0.15, 0.2) is 0 Å². The molecule has 0 saturated carbocycles. The number of aliphatic hydroxyl groups excluding tert-OH is 1. The third kappa shape index (κ3) is 3.01. The van der Waals surface area contributed by atoms with Crippen LogP contribution in [0.1, 0.15) is 52.2 Å². The lowest BCUT2D eigenvalue weighted by atomic mass is 9.86. The molecule has 2 heteroatoms. The van der Waals surface area contributed by atoms with E-state index in [4.69, 9.17) is 0 Å². The van der Waals surface area contributed by atoms with Crippen molar-refractivity contribution in [3.8, 4) is 0 Å². The second-order valence-corrected chi connectivity index (χ2v) is 7.33. The Kier molecular flexibility index (Phi) is 3.76. The lowest BCUT2D eigenvalue weighted by molar-refractivity contribution is 0.0506. The number of aliphatic hydroxyl groups is 1. The zero-order valence-corrected chi connectivity index (χ0v) is 12.9. The van der Waals surface area contributed by atoms with Gasteiger partial charge in [-0.15, -0.1) is 0 Å². The Morgan fingerprint density at radius 1 is 1.21 bits per heavy atom. The molecule has 1 fully saturated rings. The fourth-order valence-electron chi connectivity index (χ4n) is 2.74. The number of likely N-dealkylation sites (tertiary alicyclic amines) is 1. The molecule has 1 heterocycles. The van der Waals surface area contributed by atoms with Crippen LogP contribution in [0, 0.1) is 0 Å². The van der Waals surface area contributed by atoms with Gasteiger partial charge in [0.05, 0.1) is 6.10 Å². The van der Waals surface area contributed by atoms with Crippen molar-refractivity contribution in [3.05, 3.63) is 35.4 Å². The van der Waals surface area contributed by atoms with Gasteiger partial charge < -0.3 is 5.11 Å². The van der Waals surface area contributed by atoms with Crippen LogP contribution in [0.15, 0.2) is 24.3 Å². The van der Waals surface area contributed by atoms with Crippen LogP contribution in [0.5, 0.6) is 0 Å². The van der Waals surface area contributed by atoms with E-state index in [2.05, 4.69) is 63.8 Å². The van der Waals surface area contributed by atoms with E-state index in [1.54, 1.807) is 0 Å². The summed E-state index contributed by atoms with van der Waals surface area (Å²) in [5, 5.41) is 10.0. The lowest BCUT2D eigenvalue weighted by Crippen LogP contribution is -2.44. The number of nitrogens with zero attached hydrogens (tertiary/aromatic N) is 1. The molecule has 1 saturated heterocycles. The highest BCUT2D eigenvalue weighted by atomic mass is 16.3. The third-order valence-corrected chi connectivity index (χ3v) is 4.50. The molecule has 1 unspecified atom stereocenters. The molecule has 0 aliphatic carbocycles. The summed E-state index contributed by atoms with van der Waals surface area (Å²) in [6.07, 6.45) is 0.675. The van der Waals surface area contributed by atoms with Crippen LogP contribution in [0.4, 0.5) is 0 Å². The SMILES string of the molecule is CC(C)(C)c1ccc(CN2CCC(O)C2(C)C)cc1. The predicted molar refractivity (Wildman–Crippen MR) is 80.3 cm³/mol. The molecule has 1 aliphatic rings. The van der Waals surface area contributed by atoms with E-state index >= 15 is 0 Å². The zero-order chi connectivity index (χ0) is 14.3. The van der Waals surface area contributed by atoms with Crippen molar-refractivity contribution in [1.82, 2.24) is 4.90 Å². The number of hydrogen-bond donors (Lipinski definition) is 1. The molecular formula is C17H27NO. The maximum Gasteiger partial charge on any atom is 0.0730 e. The van der Waals surface area contributed by atoms with Crippen LogP contribution in [0.25, 0.3) is 0 Å². The first-order valence-corrected chi connectivity index (χ1v) is 7.24. The first-order valence-electron chi connectivity index (χ1n) is 7.24. The average Bonchev–Trinajstić information content (AvgIpc) is 2.56. The van der Waals surface area contributed by atoms with Crippen molar-refractivity contribution in [1.29, 1.82) is 0 Å². The highest BCUT2D eigenvalue weighted by Crippen LogP contribution is 2.30. The molecule has 0 radical (unpaired) electrons. The van der Waals surface area contributed by atoms with Crippen LogP contribution in [-0.2, 0) is 12.0 Å². The van der Waals surface area contributed by atoms with Crippen LogP contribution >= 0.6 is 0 Å². The Balaban J connectivity index is 2.09. The molecule has 1 atom stereocenters. The maximum absolute atomic E-state index is 10.0. The molecule has 106 valence electrons. The number of benzene rings is 1. The first-order chi connectivity index (χ1) is 8.71. The summed E-state index contributed by atoms with van der Waals surface area (Å²) in [5.74, 6) is 0. The average molecular weight is 261 g/mol. The van der Waals surface area contributed by atoms with Gasteiger partial charge in [0, 0.05) is 18.6 Å². The highest BCUT2D eigenvalue weighted by molar-refractivity contribution is 5.27. The van der Waals surface area contributed by atoms with Crippen LogP contribution in [0.3, 0.4) is 0 Å². The van der Waals surface area contributed by atoms with Crippen LogP contribution < -0.4 is 0 Å². The van der Waals surface area contributed by atoms with Crippen molar-refractivity contribution >= 4 is 0 Å². The van der Waals surface area contributed by atoms with Gasteiger partial charge in [-0.1, -0.05) is 45.0 Å². The summed E-state index contributed by atoms with van der Waals surface area (Å²) < 4.78 is 0. The van der Waals surface area contributed by atoms with Crippen molar-refractivity contribution in [2.45, 2.75) is 64.6 Å². The standard InChI is InChI=1S/C17H27NO/c1-16(2,3)14-8-6-13(7-9-14)12-18-11-10-15(19)17(18,4)5/h6-9,15,19H,10-12H2,1-5H3. The first kappa shape index (κ1) is 14.5. The Hall–Kier alpha value is -0.860. The fraction of sp³-hybridized carbons (Fsp3) is 0.647. The minimum Gasteiger partial charge on any atom is -0.391 e.